The van der Waals surface area contributed by atoms with Gasteiger partial charge in [0.25, 0.3) is 20.0 Å². The zero-order valence-corrected chi connectivity index (χ0v) is 79.8. The summed E-state index contributed by atoms with van der Waals surface area (Å²) >= 11 is 24.5. The number of rotatable bonds is 22. The van der Waals surface area contributed by atoms with Crippen molar-refractivity contribution in [1.29, 1.82) is 0 Å². The number of esters is 2. The minimum absolute atomic E-state index is 0.0265. The second-order valence-corrected chi connectivity index (χ2v) is 40.7. The number of likely N-dealkylation sites (tertiary alicyclic amines) is 3. The molecule has 8 N–H and O–H groups in total. The van der Waals surface area contributed by atoms with Gasteiger partial charge in [-0.3, -0.25) is 29.1 Å². The summed E-state index contributed by atoms with van der Waals surface area (Å²) in [5.74, 6) is -2.54. The molecule has 4 aliphatic rings. The number of nitrogens with one attached hydrogen (secondary N) is 7. The summed E-state index contributed by atoms with van der Waals surface area (Å²) in [5, 5.41) is 28.8. The molecule has 4 fully saturated rings. The molecule has 4 atom stereocenters. The molecule has 4 saturated heterocycles. The highest BCUT2D eigenvalue weighted by Crippen LogP contribution is 2.38. The minimum atomic E-state index is -4.03. The Labute approximate surface area is 800 Å². The fourth-order valence-corrected chi connectivity index (χ4v) is 19.5. The number of carbonyl (C=O) groups excluding carboxylic acids is 2. The van der Waals surface area contributed by atoms with E-state index in [0.717, 1.165) is 126 Å². The number of carboxylic acids is 1. The summed E-state index contributed by atoms with van der Waals surface area (Å²) in [6.07, 6.45) is 23.2. The Morgan fingerprint density at radius 3 is 1.10 bits per heavy atom. The van der Waals surface area contributed by atoms with Crippen LogP contribution in [0.1, 0.15) is 104 Å². The standard InChI is InChI=1S/C29H32ClFN6O4S.C23H22ClFN6O2S.C22H26ClFN6O2.C18H18ClFN6O2/c1-18-7-9-21(10-8-18)42(39,40)37-16-23(22-12-19(30)13-33-28(22)37)26-32-14-24(31)27(35-26)34-20-6-5-11-36(15-20)17-25(38)41-29(2,3)4;1-14-4-6-17(7-5-14)34(32,33)31-13-19(18-9-15(24)10-28-23(18)31)21-27-12-20(25)22(30-21)29-16-3-2-8-26-11-16;1-22(2,3)32-18(31)12-30-6-4-5-14(11-30)28-21-17(24)10-27-20(29-21)16-9-26-19-15(16)7-13(23)8-25-19;19-10-4-12-13(6-22-16(12)21-5-10)17-23-7-14(20)18(25-17)24-11-2-1-3-26(8-11)9-15(27)28/h7-10,12-14,16,20H,5-6,11,15,17H2,1-4H3,(H,32,34,35);4-7,9-10,12-13,16,26H,2-3,8,11H2,1H3,(H,27,29,30);7-10,14H,4-6,11-12H2,1-3H3,(H,25,26)(H,27,28,29);4-7,11H,1-3,8-9H2,(H,21,22)(H,27,28)(H,23,24,25). The number of hydrogen-bond donors (Lipinski definition) is 8. The number of ether oxygens (including phenoxy) is 2. The molecule has 0 bridgehead atoms. The van der Waals surface area contributed by atoms with Crippen molar-refractivity contribution in [3.63, 3.8) is 0 Å². The van der Waals surface area contributed by atoms with Gasteiger partial charge in [0.15, 0.2) is 81.1 Å². The molecular formula is C92H98Cl4F4N24O10S2. The molecule has 0 amide bonds. The zero-order valence-electron chi connectivity index (χ0n) is 75.2. The number of benzene rings is 2. The number of pyridine rings is 4. The van der Waals surface area contributed by atoms with Gasteiger partial charge in [0.1, 0.15) is 22.5 Å². The van der Waals surface area contributed by atoms with Crippen molar-refractivity contribution < 1.29 is 63.4 Å². The molecule has 136 heavy (non-hydrogen) atoms. The predicted molar refractivity (Wildman–Crippen MR) is 511 cm³/mol. The Bertz CT molecular complexity index is 6990. The molecular weight excluding hydrogens is 1880 g/mol. The predicted octanol–water partition coefficient (Wildman–Crippen LogP) is 15.8. The third-order valence-electron chi connectivity index (χ3n) is 22.3. The number of anilines is 4. The second kappa shape index (κ2) is 42.2. The Morgan fingerprint density at radius 1 is 0.441 bits per heavy atom. The van der Waals surface area contributed by atoms with Crippen molar-refractivity contribution in [1.82, 2.24) is 97.7 Å². The first kappa shape index (κ1) is 98.3. The monoisotopic (exact) mass is 1980 g/mol. The number of aromatic nitrogens is 16. The molecule has 16 heterocycles. The Kier molecular flexibility index (Phi) is 30.5. The van der Waals surface area contributed by atoms with Gasteiger partial charge in [-0.25, -0.2) is 102 Å². The molecule has 2 aromatic carbocycles. The van der Waals surface area contributed by atoms with Gasteiger partial charge in [-0.05, 0) is 181 Å². The summed E-state index contributed by atoms with van der Waals surface area (Å²) in [5.41, 5.74) is 4.44. The summed E-state index contributed by atoms with van der Waals surface area (Å²) in [7, 11) is -7.99. The van der Waals surface area contributed by atoms with Crippen molar-refractivity contribution >= 4 is 152 Å². The SMILES string of the molecule is CC(C)(C)OC(=O)CN1CCCC(Nc2nc(-c3c[nH]c4ncc(Cl)cc34)ncc2F)C1.Cc1ccc(S(=O)(=O)n2cc(-c3ncc(F)c(NC4CCCN(CC(=O)OC(C)(C)C)C4)n3)c3cc(Cl)cnc32)cc1.Cc1ccc(S(=O)(=O)n2cc(-c3ncc(F)c(NC4CCCNC4)n3)c3cc(Cl)cnc32)cc1.O=C(O)CN1CCCC(Nc2nc(-c3c[nH]c4ncc(Cl)cc34)ncc2F)C1. The van der Waals surface area contributed by atoms with Crippen molar-refractivity contribution in [2.75, 3.05) is 93.3 Å². The summed E-state index contributed by atoms with van der Waals surface area (Å²) in [6.45, 7) is 20.5. The lowest BCUT2D eigenvalue weighted by Crippen LogP contribution is -2.45. The van der Waals surface area contributed by atoms with Crippen LogP contribution in [0, 0.1) is 37.1 Å². The van der Waals surface area contributed by atoms with Crippen LogP contribution in [0.5, 0.6) is 0 Å². The molecule has 4 unspecified atom stereocenters. The van der Waals surface area contributed by atoms with Gasteiger partial charge < -0.3 is 51.1 Å². The molecule has 0 aliphatic carbocycles. The Balaban J connectivity index is 0.000000139. The molecule has 44 heteroatoms. The van der Waals surface area contributed by atoms with Crippen molar-refractivity contribution in [3.8, 4) is 45.6 Å². The van der Waals surface area contributed by atoms with Gasteiger partial charge in [0, 0.05) is 144 Å². The van der Waals surface area contributed by atoms with E-state index in [9.17, 15) is 48.8 Å². The van der Waals surface area contributed by atoms with Crippen molar-refractivity contribution in [2.24, 2.45) is 0 Å². The Hall–Kier alpha value is -12.3. The van der Waals surface area contributed by atoms with Crippen LogP contribution < -0.4 is 26.6 Å². The number of carboxylic acid groups (broad SMARTS) is 1. The number of fused-ring (bicyclic) bond motifs is 4. The van der Waals surface area contributed by atoms with Gasteiger partial charge in [0.05, 0.1) is 74.3 Å². The quantitative estimate of drug-likeness (QED) is 0.0231. The fraction of sp³-hybridized carbons (Fsp3) is 0.359. The molecule has 0 spiro atoms. The lowest BCUT2D eigenvalue weighted by molar-refractivity contribution is -0.157. The van der Waals surface area contributed by atoms with E-state index in [-0.39, 0.29) is 112 Å². The van der Waals surface area contributed by atoms with Crippen LogP contribution in [0.4, 0.5) is 40.8 Å². The lowest BCUT2D eigenvalue weighted by Gasteiger charge is -2.33. The summed E-state index contributed by atoms with van der Waals surface area (Å²) < 4.78 is 125. The van der Waals surface area contributed by atoms with E-state index >= 15 is 0 Å². The molecule has 4 aliphatic heterocycles. The van der Waals surface area contributed by atoms with Crippen LogP contribution >= 0.6 is 46.4 Å². The highest BCUT2D eigenvalue weighted by molar-refractivity contribution is 7.90. The van der Waals surface area contributed by atoms with Crippen LogP contribution in [-0.2, 0) is 43.9 Å². The first-order valence-electron chi connectivity index (χ1n) is 43.7. The number of nitrogens with zero attached hydrogens (tertiary/aromatic N) is 17. The van der Waals surface area contributed by atoms with E-state index in [1.54, 1.807) is 79.3 Å². The zero-order chi connectivity index (χ0) is 96.7. The van der Waals surface area contributed by atoms with Crippen LogP contribution in [0.25, 0.3) is 89.7 Å². The average molecular weight is 1980 g/mol. The number of aryl methyl sites for hydroxylation is 2. The fourth-order valence-electron chi connectivity index (χ4n) is 16.2. The average Bonchev–Trinajstić information content (AvgIpc) is 1.60. The highest BCUT2D eigenvalue weighted by atomic mass is 35.5. The highest BCUT2D eigenvalue weighted by Gasteiger charge is 2.33. The van der Waals surface area contributed by atoms with Crippen molar-refractivity contribution in [2.45, 2.75) is 152 Å². The van der Waals surface area contributed by atoms with Crippen LogP contribution in [0.2, 0.25) is 20.1 Å². The molecule has 12 aromatic heterocycles. The van der Waals surface area contributed by atoms with Gasteiger partial charge in [-0.2, -0.15) is 0 Å². The van der Waals surface area contributed by atoms with E-state index in [1.165, 1.54) is 43.1 Å². The van der Waals surface area contributed by atoms with E-state index in [4.69, 9.17) is 61.0 Å². The third-order valence-corrected chi connectivity index (χ3v) is 26.5. The minimum Gasteiger partial charge on any atom is -0.480 e. The topological polar surface area (TPSA) is 424 Å². The maximum absolute atomic E-state index is 15.0. The first-order valence-corrected chi connectivity index (χ1v) is 48.1. The molecule has 714 valence electrons. The molecule has 34 nitrogen and oxygen atoms in total. The lowest BCUT2D eigenvalue weighted by atomic mass is 10.1. The maximum Gasteiger partial charge on any atom is 0.320 e. The molecule has 14 aromatic rings. The summed E-state index contributed by atoms with van der Waals surface area (Å²) in [4.78, 5) is 98.7. The van der Waals surface area contributed by atoms with E-state index in [0.29, 0.717) is 109 Å². The first-order chi connectivity index (χ1) is 64.8. The number of H-pyrrole nitrogens is 2. The molecule has 0 saturated carbocycles. The van der Waals surface area contributed by atoms with Crippen LogP contribution in [0.15, 0.2) is 157 Å². The van der Waals surface area contributed by atoms with Crippen LogP contribution in [-0.4, -0.2) is 240 Å². The van der Waals surface area contributed by atoms with Gasteiger partial charge >= 0.3 is 17.9 Å². The number of halogens is 8. The van der Waals surface area contributed by atoms with Crippen molar-refractivity contribution in [3.05, 3.63) is 202 Å². The normalized spacial score (nSPS) is 17.0. The largest absolute Gasteiger partial charge is 0.480 e. The smallest absolute Gasteiger partial charge is 0.320 e. The van der Waals surface area contributed by atoms with Crippen LogP contribution in [0.3, 0.4) is 0 Å². The Morgan fingerprint density at radius 2 is 0.765 bits per heavy atom. The number of carbonyl (C=O) groups is 3. The number of piperidine rings is 4. The van der Waals surface area contributed by atoms with E-state index in [1.807, 2.05) is 70.1 Å². The van der Waals surface area contributed by atoms with E-state index in [2.05, 4.69) is 96.4 Å². The van der Waals surface area contributed by atoms with Gasteiger partial charge in [0.2, 0.25) is 0 Å². The number of aromatic amines is 2. The molecule has 18 rings (SSSR count). The summed E-state index contributed by atoms with van der Waals surface area (Å²) in [6, 6.07) is 19.4. The van der Waals surface area contributed by atoms with E-state index < -0.39 is 60.5 Å². The second-order valence-electron chi connectivity index (χ2n) is 35.3. The molecule has 0 radical (unpaired) electrons. The maximum atomic E-state index is 15.0. The third kappa shape index (κ3) is 24.4. The van der Waals surface area contributed by atoms with Gasteiger partial charge in [-0.1, -0.05) is 81.8 Å². The number of hydrogen-bond acceptors (Lipinski definition) is 29. The number of aliphatic carboxylic acids is 1. The van der Waals surface area contributed by atoms with Gasteiger partial charge in [-0.15, -0.1) is 0 Å².